The molecule has 0 aliphatic rings. The largest absolute Gasteiger partial charge is 0.384 e. The first kappa shape index (κ1) is 14.8. The Kier molecular flexibility index (Phi) is 7.24. The molecule has 0 aliphatic carbocycles. The first-order valence-electron chi connectivity index (χ1n) is 6.29. The van der Waals surface area contributed by atoms with Crippen LogP contribution >= 0.6 is 11.6 Å². The summed E-state index contributed by atoms with van der Waals surface area (Å²) in [5, 5.41) is 12.5. The van der Waals surface area contributed by atoms with Crippen molar-refractivity contribution in [2.75, 3.05) is 25.1 Å². The average Bonchev–Trinajstić information content (AvgIpc) is 2.39. The molecule has 1 rings (SSSR count). The van der Waals surface area contributed by atoms with Gasteiger partial charge in [0.05, 0.1) is 22.3 Å². The number of anilines is 1. The maximum absolute atomic E-state index is 8.72. The van der Waals surface area contributed by atoms with Gasteiger partial charge < -0.3 is 10.1 Å². The molecule has 98 valence electrons. The summed E-state index contributed by atoms with van der Waals surface area (Å²) in [4.78, 5) is 0. The zero-order valence-corrected chi connectivity index (χ0v) is 11.5. The predicted molar refractivity (Wildman–Crippen MR) is 75.0 cm³/mol. The normalized spacial score (nSPS) is 10.1. The van der Waals surface area contributed by atoms with Crippen LogP contribution in [0.25, 0.3) is 0 Å². The molecule has 0 aromatic heterocycles. The Bertz CT molecular complexity index is 401. The molecule has 0 unspecified atom stereocenters. The predicted octanol–water partition coefficient (Wildman–Crippen LogP) is 3.83. The summed E-state index contributed by atoms with van der Waals surface area (Å²) in [6, 6.07) is 7.32. The van der Waals surface area contributed by atoms with Gasteiger partial charge in [-0.3, -0.25) is 0 Å². The minimum atomic E-state index is 0.577. The topological polar surface area (TPSA) is 45.0 Å². The van der Waals surface area contributed by atoms with Crippen molar-refractivity contribution in [2.45, 2.75) is 26.2 Å². The molecule has 0 saturated carbocycles. The van der Waals surface area contributed by atoms with Gasteiger partial charge in [-0.1, -0.05) is 24.9 Å². The molecular weight excluding hydrogens is 248 g/mol. The third kappa shape index (κ3) is 5.39. The minimum Gasteiger partial charge on any atom is -0.384 e. The highest BCUT2D eigenvalue weighted by atomic mass is 35.5. The van der Waals surface area contributed by atoms with Gasteiger partial charge >= 0.3 is 0 Å². The van der Waals surface area contributed by atoms with Gasteiger partial charge in [0.1, 0.15) is 0 Å². The van der Waals surface area contributed by atoms with E-state index < -0.39 is 0 Å². The first-order valence-corrected chi connectivity index (χ1v) is 6.67. The summed E-state index contributed by atoms with van der Waals surface area (Å²) in [7, 11) is 0. The number of halogens is 1. The van der Waals surface area contributed by atoms with E-state index in [1.54, 1.807) is 12.1 Å². The number of ether oxygens (including phenoxy) is 1. The lowest BCUT2D eigenvalue weighted by Crippen LogP contribution is -2.06. The van der Waals surface area contributed by atoms with Crippen LogP contribution < -0.4 is 5.32 Å². The van der Waals surface area contributed by atoms with Crippen LogP contribution in [0.5, 0.6) is 0 Å². The number of hydrogen-bond donors (Lipinski definition) is 1. The number of rotatable bonds is 8. The van der Waals surface area contributed by atoms with Crippen LogP contribution in [0, 0.1) is 11.3 Å². The van der Waals surface area contributed by atoms with Crippen molar-refractivity contribution < 1.29 is 4.74 Å². The number of hydrogen-bond acceptors (Lipinski definition) is 3. The number of unbranched alkanes of at least 4 members (excludes halogenated alkanes) is 1. The molecule has 0 spiro atoms. The quantitative estimate of drug-likeness (QED) is 0.728. The van der Waals surface area contributed by atoms with E-state index in [0.29, 0.717) is 10.6 Å². The summed E-state index contributed by atoms with van der Waals surface area (Å²) in [6.45, 7) is 4.57. The lowest BCUT2D eigenvalue weighted by Gasteiger charge is -2.08. The molecule has 0 amide bonds. The van der Waals surface area contributed by atoms with E-state index in [-0.39, 0.29) is 0 Å². The maximum Gasteiger partial charge on any atom is 0.0992 e. The maximum atomic E-state index is 8.72. The van der Waals surface area contributed by atoms with Crippen LogP contribution in [0.3, 0.4) is 0 Å². The van der Waals surface area contributed by atoms with E-state index in [1.807, 2.05) is 6.07 Å². The summed E-state index contributed by atoms with van der Waals surface area (Å²) < 4.78 is 5.46. The van der Waals surface area contributed by atoms with Gasteiger partial charge in [-0.25, -0.2) is 0 Å². The Morgan fingerprint density at radius 3 is 2.78 bits per heavy atom. The molecule has 0 aliphatic heterocycles. The van der Waals surface area contributed by atoms with E-state index in [1.165, 1.54) is 6.42 Å². The third-order valence-corrected chi connectivity index (χ3v) is 2.83. The third-order valence-electron chi connectivity index (χ3n) is 2.52. The smallest absolute Gasteiger partial charge is 0.0992 e. The zero-order chi connectivity index (χ0) is 13.2. The molecule has 18 heavy (non-hydrogen) atoms. The second-order valence-corrected chi connectivity index (χ2v) is 4.46. The summed E-state index contributed by atoms with van der Waals surface area (Å²) >= 11 is 6.04. The number of nitrogens with zero attached hydrogens (tertiary/aromatic N) is 1. The molecule has 0 heterocycles. The van der Waals surface area contributed by atoms with Gasteiger partial charge in [0.25, 0.3) is 0 Å². The molecule has 4 heteroatoms. The van der Waals surface area contributed by atoms with E-state index in [9.17, 15) is 0 Å². The molecule has 3 nitrogen and oxygen atoms in total. The molecule has 0 bridgehead atoms. The molecule has 1 aromatic carbocycles. The van der Waals surface area contributed by atoms with E-state index in [2.05, 4.69) is 18.3 Å². The molecule has 1 N–H and O–H groups in total. The lowest BCUT2D eigenvalue weighted by molar-refractivity contribution is 0.131. The second-order valence-electron chi connectivity index (χ2n) is 4.05. The monoisotopic (exact) mass is 266 g/mol. The molecule has 0 radical (unpaired) electrons. The van der Waals surface area contributed by atoms with E-state index in [4.69, 9.17) is 21.6 Å². The zero-order valence-electron chi connectivity index (χ0n) is 10.7. The highest BCUT2D eigenvalue weighted by Crippen LogP contribution is 2.22. The summed E-state index contributed by atoms with van der Waals surface area (Å²) in [5.74, 6) is 0. The second kappa shape index (κ2) is 8.79. The van der Waals surface area contributed by atoms with Gasteiger partial charge in [0.15, 0.2) is 0 Å². The van der Waals surface area contributed by atoms with Gasteiger partial charge in [0.2, 0.25) is 0 Å². The fraction of sp³-hybridized carbons (Fsp3) is 0.500. The van der Waals surface area contributed by atoms with Crippen LogP contribution in [0.4, 0.5) is 5.69 Å². The number of benzene rings is 1. The van der Waals surface area contributed by atoms with Crippen LogP contribution in [0.15, 0.2) is 18.2 Å². The van der Waals surface area contributed by atoms with Crippen LogP contribution in [0.2, 0.25) is 5.02 Å². The molecule has 0 fully saturated rings. The molecule has 1 aromatic rings. The standard InChI is InChI=1S/C14H19ClN2O/c1-2-3-8-18-9-4-7-17-14-6-5-12(11-16)10-13(14)15/h5-6,10,17H,2-4,7-9H2,1H3. The Balaban J connectivity index is 2.21. The number of nitrogens with one attached hydrogen (secondary N) is 1. The Morgan fingerprint density at radius 1 is 1.33 bits per heavy atom. The van der Waals surface area contributed by atoms with Crippen molar-refractivity contribution in [3.8, 4) is 6.07 Å². The average molecular weight is 267 g/mol. The van der Waals surface area contributed by atoms with Gasteiger partial charge in [-0.05, 0) is 31.0 Å². The van der Waals surface area contributed by atoms with Crippen molar-refractivity contribution in [1.82, 2.24) is 0 Å². The fourth-order valence-electron chi connectivity index (χ4n) is 1.47. The van der Waals surface area contributed by atoms with Crippen molar-refractivity contribution >= 4 is 17.3 Å². The van der Waals surface area contributed by atoms with E-state index >= 15 is 0 Å². The van der Waals surface area contributed by atoms with Gasteiger partial charge in [0, 0.05) is 19.8 Å². The van der Waals surface area contributed by atoms with Crippen molar-refractivity contribution in [3.63, 3.8) is 0 Å². The summed E-state index contributed by atoms with van der Waals surface area (Å²) in [5.41, 5.74) is 1.44. The minimum absolute atomic E-state index is 0.577. The first-order chi connectivity index (χ1) is 8.77. The molecule has 0 atom stereocenters. The Hall–Kier alpha value is -1.24. The highest BCUT2D eigenvalue weighted by molar-refractivity contribution is 6.33. The van der Waals surface area contributed by atoms with Crippen molar-refractivity contribution in [2.24, 2.45) is 0 Å². The Labute approximate surface area is 114 Å². The van der Waals surface area contributed by atoms with Crippen molar-refractivity contribution in [3.05, 3.63) is 28.8 Å². The number of nitriles is 1. The van der Waals surface area contributed by atoms with Crippen LogP contribution in [-0.2, 0) is 4.74 Å². The van der Waals surface area contributed by atoms with Gasteiger partial charge in [-0.2, -0.15) is 5.26 Å². The lowest BCUT2D eigenvalue weighted by atomic mass is 10.2. The fourth-order valence-corrected chi connectivity index (χ4v) is 1.72. The van der Waals surface area contributed by atoms with Crippen LogP contribution in [-0.4, -0.2) is 19.8 Å². The SMILES string of the molecule is CCCCOCCCNc1ccc(C#N)cc1Cl. The Morgan fingerprint density at radius 2 is 2.11 bits per heavy atom. The van der Waals surface area contributed by atoms with E-state index in [0.717, 1.165) is 38.3 Å². The summed E-state index contributed by atoms with van der Waals surface area (Å²) in [6.07, 6.45) is 3.23. The van der Waals surface area contributed by atoms with Gasteiger partial charge in [-0.15, -0.1) is 0 Å². The highest BCUT2D eigenvalue weighted by Gasteiger charge is 2.00. The van der Waals surface area contributed by atoms with Crippen molar-refractivity contribution in [1.29, 1.82) is 5.26 Å². The molecular formula is C14H19ClN2O. The van der Waals surface area contributed by atoms with Crippen LogP contribution in [0.1, 0.15) is 31.7 Å². The molecule has 0 saturated heterocycles.